The zero-order valence-corrected chi connectivity index (χ0v) is 10.5. The summed E-state index contributed by atoms with van der Waals surface area (Å²) in [7, 11) is 1.55. The van der Waals surface area contributed by atoms with Crippen molar-refractivity contribution < 1.29 is 14.3 Å². The Labute approximate surface area is 110 Å². The van der Waals surface area contributed by atoms with Gasteiger partial charge in [-0.25, -0.2) is 0 Å². The van der Waals surface area contributed by atoms with Crippen LogP contribution in [0.4, 0.5) is 0 Å². The monoisotopic (exact) mass is 258 g/mol. The Morgan fingerprint density at radius 2 is 2.26 bits per heavy atom. The van der Waals surface area contributed by atoms with E-state index < -0.39 is 11.7 Å². The van der Waals surface area contributed by atoms with Crippen LogP contribution in [0.1, 0.15) is 10.4 Å². The number of hydrogen-bond acceptors (Lipinski definition) is 3. The topological polar surface area (TPSA) is 71.2 Å². The maximum Gasteiger partial charge on any atom is 0.292 e. The smallest absolute Gasteiger partial charge is 0.292 e. The number of Topliss-reactive ketones (excluding diaryl/α,β-unsaturated/α-hetero) is 1. The second-order valence-corrected chi connectivity index (χ2v) is 3.94. The van der Waals surface area contributed by atoms with Gasteiger partial charge in [-0.05, 0) is 18.2 Å². The van der Waals surface area contributed by atoms with E-state index in [2.05, 4.69) is 16.9 Å². The number of hydrogen-bond donors (Lipinski definition) is 2. The molecule has 0 aliphatic heterocycles. The van der Waals surface area contributed by atoms with Crippen LogP contribution in [0.15, 0.2) is 37.1 Å². The minimum absolute atomic E-state index is 0.260. The first-order chi connectivity index (χ1) is 9.17. The van der Waals surface area contributed by atoms with Crippen molar-refractivity contribution in [3.8, 4) is 5.75 Å². The van der Waals surface area contributed by atoms with E-state index in [0.717, 1.165) is 5.52 Å². The number of rotatable bonds is 5. The summed E-state index contributed by atoms with van der Waals surface area (Å²) < 4.78 is 5.11. The molecule has 1 aromatic heterocycles. The van der Waals surface area contributed by atoms with Crippen LogP contribution in [0, 0.1) is 0 Å². The fraction of sp³-hybridized carbons (Fsp3) is 0.143. The number of nitrogens with one attached hydrogen (secondary N) is 2. The molecule has 0 atom stereocenters. The van der Waals surface area contributed by atoms with E-state index in [1.807, 2.05) is 0 Å². The van der Waals surface area contributed by atoms with Crippen LogP contribution in [0.3, 0.4) is 0 Å². The highest BCUT2D eigenvalue weighted by molar-refractivity contribution is 6.45. The standard InChI is InChI=1S/C14H14N2O3/c1-3-6-15-14(18)13(17)11-8-16-12-5-4-9(19-2)7-10(11)12/h3-5,7-8,16H,1,6H2,2H3,(H,15,18). The number of ether oxygens (including phenoxy) is 1. The highest BCUT2D eigenvalue weighted by atomic mass is 16.5. The molecule has 5 nitrogen and oxygen atoms in total. The van der Waals surface area contributed by atoms with Crippen molar-refractivity contribution in [1.29, 1.82) is 0 Å². The first kappa shape index (κ1) is 12.9. The zero-order valence-electron chi connectivity index (χ0n) is 10.5. The first-order valence-corrected chi connectivity index (χ1v) is 5.76. The third-order valence-corrected chi connectivity index (χ3v) is 2.75. The fourth-order valence-electron chi connectivity index (χ4n) is 1.78. The molecule has 0 bridgehead atoms. The number of amides is 1. The molecule has 0 saturated carbocycles. The summed E-state index contributed by atoms with van der Waals surface area (Å²) in [5.74, 6) is -0.599. The van der Waals surface area contributed by atoms with Crippen molar-refractivity contribution in [1.82, 2.24) is 10.3 Å². The molecule has 0 fully saturated rings. The molecule has 1 heterocycles. The van der Waals surface area contributed by atoms with E-state index in [-0.39, 0.29) is 6.54 Å². The number of methoxy groups -OCH3 is 1. The molecule has 5 heteroatoms. The Morgan fingerprint density at radius 1 is 1.47 bits per heavy atom. The van der Waals surface area contributed by atoms with Crippen molar-refractivity contribution in [3.63, 3.8) is 0 Å². The van der Waals surface area contributed by atoms with Crippen LogP contribution in [0.2, 0.25) is 0 Å². The highest BCUT2D eigenvalue weighted by Crippen LogP contribution is 2.23. The van der Waals surface area contributed by atoms with Gasteiger partial charge in [-0.2, -0.15) is 0 Å². The third kappa shape index (κ3) is 2.49. The van der Waals surface area contributed by atoms with Crippen molar-refractivity contribution >= 4 is 22.6 Å². The van der Waals surface area contributed by atoms with Gasteiger partial charge in [0, 0.05) is 23.6 Å². The fourth-order valence-corrected chi connectivity index (χ4v) is 1.78. The molecule has 0 aliphatic rings. The number of aromatic nitrogens is 1. The number of carbonyl (C=O) groups excluding carboxylic acids is 2. The zero-order chi connectivity index (χ0) is 13.8. The number of benzene rings is 1. The Hall–Kier alpha value is -2.56. The van der Waals surface area contributed by atoms with E-state index in [9.17, 15) is 9.59 Å². The molecule has 2 rings (SSSR count). The summed E-state index contributed by atoms with van der Waals surface area (Å²) in [4.78, 5) is 26.6. The van der Waals surface area contributed by atoms with Gasteiger partial charge in [0.25, 0.3) is 11.7 Å². The molecule has 0 aliphatic carbocycles. The minimum Gasteiger partial charge on any atom is -0.497 e. The van der Waals surface area contributed by atoms with Gasteiger partial charge < -0.3 is 15.0 Å². The molecule has 2 N–H and O–H groups in total. The van der Waals surface area contributed by atoms with Crippen molar-refractivity contribution in [2.75, 3.05) is 13.7 Å². The summed E-state index contributed by atoms with van der Waals surface area (Å²) in [5.41, 5.74) is 1.11. The van der Waals surface area contributed by atoms with E-state index in [4.69, 9.17) is 4.74 Å². The van der Waals surface area contributed by atoms with Crippen molar-refractivity contribution in [2.45, 2.75) is 0 Å². The number of carbonyl (C=O) groups is 2. The molecule has 0 spiro atoms. The van der Waals surface area contributed by atoms with Gasteiger partial charge >= 0.3 is 0 Å². The second-order valence-electron chi connectivity index (χ2n) is 3.94. The lowest BCUT2D eigenvalue weighted by atomic mass is 10.1. The molecule has 0 radical (unpaired) electrons. The number of aromatic amines is 1. The third-order valence-electron chi connectivity index (χ3n) is 2.75. The predicted octanol–water partition coefficient (Wildman–Crippen LogP) is 1.66. The lowest BCUT2D eigenvalue weighted by molar-refractivity contribution is -0.116. The second kappa shape index (κ2) is 5.39. The average Bonchev–Trinajstić information content (AvgIpc) is 2.86. The quantitative estimate of drug-likeness (QED) is 0.487. The van der Waals surface area contributed by atoms with Crippen LogP contribution >= 0.6 is 0 Å². The van der Waals surface area contributed by atoms with Crippen LogP contribution < -0.4 is 10.1 Å². The van der Waals surface area contributed by atoms with Crippen molar-refractivity contribution in [2.24, 2.45) is 0 Å². The van der Waals surface area contributed by atoms with E-state index >= 15 is 0 Å². The molecular weight excluding hydrogens is 244 g/mol. The first-order valence-electron chi connectivity index (χ1n) is 5.76. The number of fused-ring (bicyclic) bond motifs is 1. The predicted molar refractivity (Wildman–Crippen MR) is 72.4 cm³/mol. The highest BCUT2D eigenvalue weighted by Gasteiger charge is 2.19. The Bertz CT molecular complexity index is 643. The van der Waals surface area contributed by atoms with Gasteiger partial charge in [0.1, 0.15) is 5.75 Å². The molecule has 2 aromatic rings. The maximum absolute atomic E-state index is 12.0. The van der Waals surface area contributed by atoms with Crippen LogP contribution in [-0.4, -0.2) is 30.3 Å². The SMILES string of the molecule is C=CCNC(=O)C(=O)c1c[nH]c2ccc(OC)cc12. The lowest BCUT2D eigenvalue weighted by Gasteiger charge is -2.02. The van der Waals surface area contributed by atoms with Gasteiger partial charge in [0.05, 0.1) is 12.7 Å². The Kier molecular flexibility index (Phi) is 3.66. The molecule has 0 saturated heterocycles. The van der Waals surface area contributed by atoms with Crippen LogP contribution in [0.5, 0.6) is 5.75 Å². The summed E-state index contributed by atoms with van der Waals surface area (Å²) in [6, 6.07) is 5.30. The molecule has 0 unspecified atom stereocenters. The molecule has 1 aromatic carbocycles. The van der Waals surface area contributed by atoms with E-state index in [1.165, 1.54) is 12.3 Å². The van der Waals surface area contributed by atoms with Gasteiger partial charge in [0.2, 0.25) is 0 Å². The van der Waals surface area contributed by atoms with E-state index in [1.54, 1.807) is 25.3 Å². The molecule has 19 heavy (non-hydrogen) atoms. The molecular formula is C14H14N2O3. The molecule has 98 valence electrons. The average molecular weight is 258 g/mol. The van der Waals surface area contributed by atoms with Crippen LogP contribution in [0.25, 0.3) is 10.9 Å². The summed E-state index contributed by atoms with van der Waals surface area (Å²) in [6.45, 7) is 3.74. The number of H-pyrrole nitrogens is 1. The minimum atomic E-state index is -0.649. The largest absolute Gasteiger partial charge is 0.497 e. The summed E-state index contributed by atoms with van der Waals surface area (Å²) in [5, 5.41) is 3.13. The van der Waals surface area contributed by atoms with Gasteiger partial charge in [-0.1, -0.05) is 6.08 Å². The normalized spacial score (nSPS) is 10.2. The van der Waals surface area contributed by atoms with Gasteiger partial charge in [-0.15, -0.1) is 6.58 Å². The summed E-state index contributed by atoms with van der Waals surface area (Å²) in [6.07, 6.45) is 3.05. The van der Waals surface area contributed by atoms with E-state index in [0.29, 0.717) is 16.7 Å². The Balaban J connectivity index is 2.36. The summed E-state index contributed by atoms with van der Waals surface area (Å²) >= 11 is 0. The Morgan fingerprint density at radius 3 is 2.95 bits per heavy atom. The lowest BCUT2D eigenvalue weighted by Crippen LogP contribution is -2.30. The van der Waals surface area contributed by atoms with Crippen molar-refractivity contribution in [3.05, 3.63) is 42.6 Å². The van der Waals surface area contributed by atoms with Gasteiger partial charge in [0.15, 0.2) is 0 Å². The number of ketones is 1. The van der Waals surface area contributed by atoms with Gasteiger partial charge in [-0.3, -0.25) is 9.59 Å². The molecule has 1 amide bonds. The maximum atomic E-state index is 12.0. The van der Waals surface area contributed by atoms with Crippen LogP contribution in [-0.2, 0) is 4.79 Å².